The number of thioether (sulfide) groups is 1. The first-order valence-electron chi connectivity index (χ1n) is 9.22. The Morgan fingerprint density at radius 1 is 1.03 bits per heavy atom. The maximum atomic E-state index is 13.6. The van der Waals surface area contributed by atoms with E-state index in [0.29, 0.717) is 16.7 Å². The van der Waals surface area contributed by atoms with Gasteiger partial charge >= 0.3 is 0 Å². The number of nitrogens with zero attached hydrogens (tertiary/aromatic N) is 5. The number of hydrogen-bond acceptors (Lipinski definition) is 4. The van der Waals surface area contributed by atoms with E-state index < -0.39 is 0 Å². The zero-order chi connectivity index (χ0) is 20.5. The number of para-hydroxylation sites is 1. The topological polar surface area (TPSA) is 57.6 Å². The average molecular weight is 470 g/mol. The van der Waals surface area contributed by atoms with E-state index in [0.717, 1.165) is 27.2 Å². The summed E-state index contributed by atoms with van der Waals surface area (Å²) in [5, 5.41) is 9.53. The smallest absolute Gasteiger partial charge is 0.283 e. The maximum Gasteiger partial charge on any atom is 0.296 e. The van der Waals surface area contributed by atoms with Crippen LogP contribution in [0.2, 0.25) is 0 Å². The highest BCUT2D eigenvalue weighted by molar-refractivity contribution is 9.10. The molecule has 0 amide bonds. The summed E-state index contributed by atoms with van der Waals surface area (Å²) in [6, 6.07) is 17.5. The fraction of sp³-hybridized carbons (Fsp3) is 0.190. The summed E-state index contributed by atoms with van der Waals surface area (Å²) < 4.78 is 6.33. The van der Waals surface area contributed by atoms with Gasteiger partial charge in [-0.25, -0.2) is 4.68 Å². The number of aromatic nitrogens is 5. The molecular formula is C21H20BrN5OS. The van der Waals surface area contributed by atoms with Crippen molar-refractivity contribution < 1.29 is 0 Å². The third-order valence-corrected chi connectivity index (χ3v) is 6.27. The molecule has 0 atom stereocenters. The summed E-state index contributed by atoms with van der Waals surface area (Å²) in [5.41, 5.74) is 2.99. The third kappa shape index (κ3) is 3.36. The van der Waals surface area contributed by atoms with Gasteiger partial charge in [0, 0.05) is 17.1 Å². The molecule has 0 unspecified atom stereocenters. The molecule has 2 heterocycles. The summed E-state index contributed by atoms with van der Waals surface area (Å²) in [6.45, 7) is 4.00. The lowest BCUT2D eigenvalue weighted by molar-refractivity contribution is 0.630. The Kier molecular flexibility index (Phi) is 5.47. The summed E-state index contributed by atoms with van der Waals surface area (Å²) in [6.07, 6.45) is 0. The maximum absolute atomic E-state index is 13.6. The molecule has 4 aromatic rings. The van der Waals surface area contributed by atoms with E-state index in [2.05, 4.69) is 33.1 Å². The van der Waals surface area contributed by atoms with Crippen molar-refractivity contribution in [3.8, 4) is 22.8 Å². The van der Waals surface area contributed by atoms with Crippen LogP contribution in [-0.2, 0) is 7.05 Å². The predicted octanol–water partition coefficient (Wildman–Crippen LogP) is 4.61. The van der Waals surface area contributed by atoms with Crippen molar-refractivity contribution in [1.82, 2.24) is 24.1 Å². The molecule has 2 aromatic heterocycles. The van der Waals surface area contributed by atoms with E-state index in [1.165, 1.54) is 0 Å². The van der Waals surface area contributed by atoms with Crippen molar-refractivity contribution in [2.45, 2.75) is 19.0 Å². The molecule has 0 aliphatic heterocycles. The molecule has 0 aliphatic rings. The SMILES string of the molecule is CCSc1nnc(-c2ccccc2Br)n1-c1c(C)n(C)n(-c2ccccc2)c1=O. The first-order valence-corrected chi connectivity index (χ1v) is 11.0. The summed E-state index contributed by atoms with van der Waals surface area (Å²) in [7, 11) is 1.89. The highest BCUT2D eigenvalue weighted by Gasteiger charge is 2.25. The second-order valence-electron chi connectivity index (χ2n) is 6.46. The van der Waals surface area contributed by atoms with Gasteiger partial charge in [0.05, 0.1) is 11.4 Å². The van der Waals surface area contributed by atoms with Crippen molar-refractivity contribution in [2.24, 2.45) is 7.05 Å². The van der Waals surface area contributed by atoms with Crippen LogP contribution < -0.4 is 5.56 Å². The Labute approximate surface area is 181 Å². The molecule has 0 saturated carbocycles. The molecule has 0 bridgehead atoms. The van der Waals surface area contributed by atoms with Crippen LogP contribution in [0.5, 0.6) is 0 Å². The molecule has 6 nitrogen and oxygen atoms in total. The minimum absolute atomic E-state index is 0.109. The fourth-order valence-electron chi connectivity index (χ4n) is 3.32. The Balaban J connectivity index is 2.02. The Bertz CT molecular complexity index is 1230. The molecule has 0 spiro atoms. The molecule has 0 N–H and O–H groups in total. The van der Waals surface area contributed by atoms with Crippen molar-refractivity contribution in [3.05, 3.63) is 75.1 Å². The summed E-state index contributed by atoms with van der Waals surface area (Å²) in [4.78, 5) is 13.6. The molecule has 29 heavy (non-hydrogen) atoms. The van der Waals surface area contributed by atoms with Crippen LogP contribution in [0.3, 0.4) is 0 Å². The van der Waals surface area contributed by atoms with Gasteiger partial charge in [-0.1, -0.05) is 71.0 Å². The van der Waals surface area contributed by atoms with E-state index in [1.807, 2.05) is 77.8 Å². The Morgan fingerprint density at radius 2 is 1.72 bits per heavy atom. The van der Waals surface area contributed by atoms with E-state index in [9.17, 15) is 4.79 Å². The quantitative estimate of drug-likeness (QED) is 0.400. The van der Waals surface area contributed by atoms with Gasteiger partial charge in [0.15, 0.2) is 11.0 Å². The second-order valence-corrected chi connectivity index (χ2v) is 8.55. The van der Waals surface area contributed by atoms with Crippen molar-refractivity contribution >= 4 is 27.7 Å². The van der Waals surface area contributed by atoms with E-state index in [4.69, 9.17) is 0 Å². The van der Waals surface area contributed by atoms with Crippen LogP contribution in [0.4, 0.5) is 0 Å². The lowest BCUT2D eigenvalue weighted by atomic mass is 10.2. The van der Waals surface area contributed by atoms with E-state index in [1.54, 1.807) is 16.4 Å². The molecule has 4 rings (SSSR count). The van der Waals surface area contributed by atoms with Crippen molar-refractivity contribution in [3.63, 3.8) is 0 Å². The van der Waals surface area contributed by atoms with Crippen LogP contribution in [0, 0.1) is 6.92 Å². The van der Waals surface area contributed by atoms with Crippen LogP contribution in [0.15, 0.2) is 69.0 Å². The van der Waals surface area contributed by atoms with E-state index in [-0.39, 0.29) is 5.56 Å². The molecule has 0 saturated heterocycles. The number of hydrogen-bond donors (Lipinski definition) is 0. The average Bonchev–Trinajstić information content (AvgIpc) is 3.21. The van der Waals surface area contributed by atoms with Gasteiger partial charge in [-0.15, -0.1) is 10.2 Å². The third-order valence-electron chi connectivity index (χ3n) is 4.77. The Morgan fingerprint density at radius 3 is 2.41 bits per heavy atom. The first-order chi connectivity index (χ1) is 14.0. The van der Waals surface area contributed by atoms with Crippen LogP contribution in [0.25, 0.3) is 22.8 Å². The second kappa shape index (κ2) is 8.04. The van der Waals surface area contributed by atoms with Gasteiger partial charge in [-0.05, 0) is 30.9 Å². The minimum atomic E-state index is -0.109. The molecule has 0 aliphatic carbocycles. The Hall–Kier alpha value is -2.58. The van der Waals surface area contributed by atoms with Gasteiger partial charge < -0.3 is 0 Å². The molecule has 8 heteroatoms. The summed E-state index contributed by atoms with van der Waals surface area (Å²) >= 11 is 5.17. The molecule has 0 radical (unpaired) electrons. The number of halogens is 1. The van der Waals surface area contributed by atoms with Crippen LogP contribution >= 0.6 is 27.7 Å². The standard InChI is InChI=1S/C21H20BrN5OS/c1-4-29-21-24-23-19(16-12-8-9-13-17(16)22)26(21)18-14(2)25(3)27(20(18)28)15-10-6-5-7-11-15/h5-13H,4H2,1-3H3. The van der Waals surface area contributed by atoms with Crippen LogP contribution in [-0.4, -0.2) is 29.9 Å². The van der Waals surface area contributed by atoms with Crippen molar-refractivity contribution in [2.75, 3.05) is 5.75 Å². The monoisotopic (exact) mass is 469 g/mol. The molecule has 0 fully saturated rings. The molecular weight excluding hydrogens is 450 g/mol. The van der Waals surface area contributed by atoms with Gasteiger partial charge in [0.1, 0.15) is 5.69 Å². The largest absolute Gasteiger partial charge is 0.296 e. The predicted molar refractivity (Wildman–Crippen MR) is 120 cm³/mol. The number of benzene rings is 2. The summed E-state index contributed by atoms with van der Waals surface area (Å²) in [5.74, 6) is 1.46. The van der Waals surface area contributed by atoms with Crippen LogP contribution in [0.1, 0.15) is 12.6 Å². The fourth-order valence-corrected chi connectivity index (χ4v) is 4.45. The van der Waals surface area contributed by atoms with Gasteiger partial charge in [-0.3, -0.25) is 14.0 Å². The number of rotatable bonds is 5. The molecule has 148 valence electrons. The first kappa shape index (κ1) is 19.7. The normalized spacial score (nSPS) is 11.2. The molecule has 2 aromatic carbocycles. The zero-order valence-electron chi connectivity index (χ0n) is 16.3. The zero-order valence-corrected chi connectivity index (χ0v) is 18.7. The minimum Gasteiger partial charge on any atom is -0.283 e. The van der Waals surface area contributed by atoms with Gasteiger partial charge in [0.25, 0.3) is 5.56 Å². The highest BCUT2D eigenvalue weighted by atomic mass is 79.9. The van der Waals surface area contributed by atoms with Gasteiger partial charge in [-0.2, -0.15) is 0 Å². The lowest BCUT2D eigenvalue weighted by Gasteiger charge is -2.09. The highest BCUT2D eigenvalue weighted by Crippen LogP contribution is 2.32. The van der Waals surface area contributed by atoms with Crippen molar-refractivity contribution in [1.29, 1.82) is 0 Å². The van der Waals surface area contributed by atoms with E-state index >= 15 is 0 Å². The lowest BCUT2D eigenvalue weighted by Crippen LogP contribution is -2.21. The van der Waals surface area contributed by atoms with Gasteiger partial charge in [0.2, 0.25) is 0 Å².